The molecule has 1 atom stereocenters. The number of para-hydroxylation sites is 1. The summed E-state index contributed by atoms with van der Waals surface area (Å²) >= 11 is 0. The van der Waals surface area contributed by atoms with Crippen LogP contribution in [0.25, 0.3) is 0 Å². The van der Waals surface area contributed by atoms with E-state index in [0.29, 0.717) is 20.1 Å². The molecule has 1 aliphatic rings. The van der Waals surface area contributed by atoms with Gasteiger partial charge in [0.2, 0.25) is 0 Å². The van der Waals surface area contributed by atoms with Gasteiger partial charge in [0.05, 0.1) is 7.11 Å². The maximum Gasteiger partial charge on any atom is 0.161 e. The van der Waals surface area contributed by atoms with E-state index < -0.39 is 0 Å². The second-order valence-corrected chi connectivity index (χ2v) is 9.51. The quantitative estimate of drug-likeness (QED) is 0.603. The number of phenolic OH excluding ortho intramolecular Hbond substituents is 1. The number of benzene rings is 2. The molecule has 28 heavy (non-hydrogen) atoms. The van der Waals surface area contributed by atoms with Crippen molar-refractivity contribution in [3.8, 4) is 11.5 Å². The van der Waals surface area contributed by atoms with E-state index in [1.165, 1.54) is 43.2 Å². The molecule has 3 rings (SSSR count). The van der Waals surface area contributed by atoms with E-state index in [1.807, 2.05) is 12.1 Å². The number of aromatic hydroxyl groups is 1. The van der Waals surface area contributed by atoms with Gasteiger partial charge in [-0.3, -0.25) is 4.90 Å². The molecular weight excluding hydrogens is 365 g/mol. The number of rotatable bonds is 8. The van der Waals surface area contributed by atoms with Crippen molar-refractivity contribution in [1.82, 2.24) is 4.90 Å². The highest BCUT2D eigenvalue weighted by Gasteiger charge is 2.33. The molecule has 2 aromatic carbocycles. The molecule has 2 aromatic rings. The Morgan fingerprint density at radius 2 is 1.71 bits per heavy atom. The summed E-state index contributed by atoms with van der Waals surface area (Å²) in [6.45, 7) is 7.93. The Labute approximate surface area is 171 Å². The summed E-state index contributed by atoms with van der Waals surface area (Å²) in [5, 5.41) is 12.2. The molecule has 1 saturated heterocycles. The zero-order chi connectivity index (χ0) is 20.0. The van der Waals surface area contributed by atoms with Crippen LogP contribution in [0.15, 0.2) is 42.5 Å². The minimum Gasteiger partial charge on any atom is -0.504 e. The molecular formula is C24H34NO2P. The minimum atomic E-state index is -0.0728. The van der Waals surface area contributed by atoms with Gasteiger partial charge in [-0.25, -0.2) is 0 Å². The molecule has 0 bridgehead atoms. The van der Waals surface area contributed by atoms with Gasteiger partial charge in [-0.1, -0.05) is 65.2 Å². The Balaban J connectivity index is 1.93. The monoisotopic (exact) mass is 399 g/mol. The van der Waals surface area contributed by atoms with Crippen molar-refractivity contribution >= 4 is 13.9 Å². The van der Waals surface area contributed by atoms with Crippen LogP contribution in [0, 0.1) is 0 Å². The van der Waals surface area contributed by atoms with Crippen molar-refractivity contribution in [1.29, 1.82) is 0 Å². The lowest BCUT2D eigenvalue weighted by molar-refractivity contribution is 0.221. The molecule has 0 radical (unpaired) electrons. The number of piperidine rings is 1. The van der Waals surface area contributed by atoms with Gasteiger partial charge in [-0.2, -0.15) is 0 Å². The Bertz CT molecular complexity index is 767. The van der Waals surface area contributed by atoms with Gasteiger partial charge in [0.1, 0.15) is 0 Å². The summed E-state index contributed by atoms with van der Waals surface area (Å²) in [4.78, 5) is 2.59. The highest BCUT2D eigenvalue weighted by Crippen LogP contribution is 2.51. The topological polar surface area (TPSA) is 32.7 Å². The number of nitrogens with zero attached hydrogens (tertiary/aromatic N) is 1. The third-order valence-electron chi connectivity index (χ3n) is 6.18. The number of hydrogen-bond acceptors (Lipinski definition) is 3. The normalized spacial score (nSPS) is 16.0. The van der Waals surface area contributed by atoms with Crippen LogP contribution in [0.3, 0.4) is 0 Å². The van der Waals surface area contributed by atoms with Crippen molar-refractivity contribution in [2.24, 2.45) is 0 Å². The van der Waals surface area contributed by atoms with Crippen LogP contribution >= 0.6 is 8.58 Å². The summed E-state index contributed by atoms with van der Waals surface area (Å²) in [6.07, 6.45) is 5.97. The average Bonchev–Trinajstić information content (AvgIpc) is 2.74. The molecule has 3 nitrogen and oxygen atoms in total. The molecule has 0 saturated carbocycles. The number of methoxy groups -OCH3 is 1. The van der Waals surface area contributed by atoms with E-state index in [4.69, 9.17) is 4.74 Å². The standard InChI is InChI=1S/C24H34NO2P/c1-4-24(5-2,20-13-11-14-21(27-3)23(20)26)28-22-15-8-7-12-19(22)18-25-16-9-6-10-17-25/h7-8,11-15,26,28H,4-6,9-10,16-18H2,1-3H3. The Morgan fingerprint density at radius 1 is 1.00 bits per heavy atom. The van der Waals surface area contributed by atoms with E-state index >= 15 is 0 Å². The predicted octanol–water partition coefficient (Wildman–Crippen LogP) is 5.41. The molecule has 1 unspecified atom stereocenters. The number of likely N-dealkylation sites (tertiary alicyclic amines) is 1. The summed E-state index contributed by atoms with van der Waals surface area (Å²) < 4.78 is 5.39. The summed E-state index contributed by atoms with van der Waals surface area (Å²) in [5.41, 5.74) is 2.46. The van der Waals surface area contributed by atoms with Crippen LogP contribution in [-0.4, -0.2) is 30.2 Å². The second-order valence-electron chi connectivity index (χ2n) is 7.76. The van der Waals surface area contributed by atoms with Gasteiger partial charge in [0, 0.05) is 17.3 Å². The Hall–Kier alpha value is -1.57. The van der Waals surface area contributed by atoms with Crippen molar-refractivity contribution in [3.05, 3.63) is 53.6 Å². The number of phenols is 1. The van der Waals surface area contributed by atoms with Crippen LogP contribution in [0.1, 0.15) is 57.1 Å². The van der Waals surface area contributed by atoms with E-state index in [0.717, 1.165) is 24.9 Å². The molecule has 0 amide bonds. The minimum absolute atomic E-state index is 0.0728. The average molecular weight is 400 g/mol. The van der Waals surface area contributed by atoms with Gasteiger partial charge >= 0.3 is 0 Å². The van der Waals surface area contributed by atoms with Crippen LogP contribution in [0.4, 0.5) is 0 Å². The lowest BCUT2D eigenvalue weighted by atomic mass is 9.91. The first kappa shape index (κ1) is 21.1. The third-order valence-corrected chi connectivity index (χ3v) is 8.39. The lowest BCUT2D eigenvalue weighted by Gasteiger charge is -2.35. The Kier molecular flexibility index (Phi) is 7.37. The third kappa shape index (κ3) is 4.53. The molecule has 1 aliphatic heterocycles. The van der Waals surface area contributed by atoms with Crippen LogP contribution < -0.4 is 10.0 Å². The van der Waals surface area contributed by atoms with Crippen LogP contribution in [0.2, 0.25) is 0 Å². The largest absolute Gasteiger partial charge is 0.504 e. The highest BCUT2D eigenvalue weighted by atomic mass is 31.1. The molecule has 0 aromatic heterocycles. The van der Waals surface area contributed by atoms with Crippen molar-refractivity contribution in [2.45, 2.75) is 57.7 Å². The highest BCUT2D eigenvalue weighted by molar-refractivity contribution is 7.48. The summed E-state index contributed by atoms with van der Waals surface area (Å²) in [7, 11) is 2.23. The number of hydrogen-bond donors (Lipinski definition) is 1. The van der Waals surface area contributed by atoms with E-state index in [-0.39, 0.29) is 5.16 Å². The predicted molar refractivity (Wildman–Crippen MR) is 120 cm³/mol. The van der Waals surface area contributed by atoms with Gasteiger partial charge in [0.25, 0.3) is 0 Å². The van der Waals surface area contributed by atoms with E-state index in [1.54, 1.807) is 7.11 Å². The molecule has 0 aliphatic carbocycles. The molecule has 0 spiro atoms. The van der Waals surface area contributed by atoms with Gasteiger partial charge < -0.3 is 9.84 Å². The zero-order valence-electron chi connectivity index (χ0n) is 17.5. The molecule has 1 heterocycles. The zero-order valence-corrected chi connectivity index (χ0v) is 18.5. The number of ether oxygens (including phenoxy) is 1. The molecule has 152 valence electrons. The molecule has 4 heteroatoms. The lowest BCUT2D eigenvalue weighted by Crippen LogP contribution is -2.31. The molecule has 1 fully saturated rings. The van der Waals surface area contributed by atoms with Crippen molar-refractivity contribution < 1.29 is 9.84 Å². The maximum atomic E-state index is 10.9. The Morgan fingerprint density at radius 3 is 2.39 bits per heavy atom. The second kappa shape index (κ2) is 9.76. The fourth-order valence-electron chi connectivity index (χ4n) is 4.34. The van der Waals surface area contributed by atoms with Crippen molar-refractivity contribution in [2.75, 3.05) is 20.2 Å². The maximum absolute atomic E-state index is 10.9. The van der Waals surface area contributed by atoms with Gasteiger partial charge in [-0.15, -0.1) is 0 Å². The molecule has 1 N–H and O–H groups in total. The summed E-state index contributed by atoms with van der Waals surface area (Å²) in [6, 6.07) is 14.8. The van der Waals surface area contributed by atoms with Gasteiger partial charge in [-0.05, 0) is 55.7 Å². The van der Waals surface area contributed by atoms with Gasteiger partial charge in [0.15, 0.2) is 11.5 Å². The van der Waals surface area contributed by atoms with Crippen molar-refractivity contribution in [3.63, 3.8) is 0 Å². The first-order valence-corrected chi connectivity index (χ1v) is 11.6. The first-order chi connectivity index (χ1) is 13.6. The van der Waals surface area contributed by atoms with Crippen LogP contribution in [0.5, 0.6) is 11.5 Å². The first-order valence-electron chi connectivity index (χ1n) is 10.6. The van der Waals surface area contributed by atoms with E-state index in [9.17, 15) is 5.11 Å². The summed E-state index contributed by atoms with van der Waals surface area (Å²) in [5.74, 6) is 0.866. The fourth-order valence-corrected chi connectivity index (χ4v) is 6.05. The smallest absolute Gasteiger partial charge is 0.161 e. The fraction of sp³-hybridized carbons (Fsp3) is 0.500. The van der Waals surface area contributed by atoms with E-state index in [2.05, 4.69) is 49.1 Å². The van der Waals surface area contributed by atoms with Crippen LogP contribution in [-0.2, 0) is 11.7 Å². The SMILES string of the molecule is CCC(CC)(Pc1ccccc1CN1CCCCC1)c1cccc(OC)c1O.